The summed E-state index contributed by atoms with van der Waals surface area (Å²) in [5.74, 6) is -0.295. The van der Waals surface area contributed by atoms with Gasteiger partial charge in [0.05, 0.1) is 17.0 Å². The standard InChI is InChI=1S/C22H17N3O3S2/c1-3-16-23-24-22(30-16)25-18(12-8-10-13(29-2)11-9-12)17-19(26)14-6-4-5-7-15(14)28-20(17)21(25)27/h4-11,18H,3H2,1-2H3. The highest BCUT2D eigenvalue weighted by molar-refractivity contribution is 7.98. The van der Waals surface area contributed by atoms with Crippen LogP contribution in [-0.4, -0.2) is 22.4 Å². The maximum Gasteiger partial charge on any atom is 0.297 e. The van der Waals surface area contributed by atoms with E-state index < -0.39 is 6.04 Å². The highest BCUT2D eigenvalue weighted by Gasteiger charge is 2.45. The maximum absolute atomic E-state index is 13.4. The van der Waals surface area contributed by atoms with Gasteiger partial charge in [-0.25, -0.2) is 0 Å². The van der Waals surface area contributed by atoms with Gasteiger partial charge in [-0.1, -0.05) is 42.5 Å². The number of aryl methyl sites for hydroxylation is 1. The van der Waals surface area contributed by atoms with Crippen molar-refractivity contribution >= 4 is 45.1 Å². The van der Waals surface area contributed by atoms with E-state index in [-0.39, 0.29) is 17.1 Å². The van der Waals surface area contributed by atoms with Crippen molar-refractivity contribution in [2.75, 3.05) is 11.2 Å². The van der Waals surface area contributed by atoms with Crippen molar-refractivity contribution in [3.05, 3.63) is 80.6 Å². The zero-order valence-electron chi connectivity index (χ0n) is 16.3. The van der Waals surface area contributed by atoms with Gasteiger partial charge in [0.25, 0.3) is 5.91 Å². The smallest absolute Gasteiger partial charge is 0.297 e. The van der Waals surface area contributed by atoms with Crippen molar-refractivity contribution in [1.29, 1.82) is 0 Å². The van der Waals surface area contributed by atoms with Gasteiger partial charge in [0.1, 0.15) is 10.6 Å². The topological polar surface area (TPSA) is 76.3 Å². The van der Waals surface area contributed by atoms with Crippen LogP contribution in [0.15, 0.2) is 62.6 Å². The summed E-state index contributed by atoms with van der Waals surface area (Å²) in [6.45, 7) is 1.99. The van der Waals surface area contributed by atoms with Crippen LogP contribution < -0.4 is 10.3 Å². The minimum Gasteiger partial charge on any atom is -0.450 e. The van der Waals surface area contributed by atoms with Crippen molar-refractivity contribution in [1.82, 2.24) is 10.2 Å². The van der Waals surface area contributed by atoms with Crippen molar-refractivity contribution in [2.45, 2.75) is 24.3 Å². The van der Waals surface area contributed by atoms with E-state index in [9.17, 15) is 9.59 Å². The Balaban J connectivity index is 1.77. The van der Waals surface area contributed by atoms with Crippen LogP contribution in [0, 0.1) is 0 Å². The fourth-order valence-corrected chi connectivity index (χ4v) is 4.92. The second kappa shape index (κ2) is 7.37. The zero-order chi connectivity index (χ0) is 20.8. The molecule has 3 heterocycles. The summed E-state index contributed by atoms with van der Waals surface area (Å²) < 4.78 is 5.94. The van der Waals surface area contributed by atoms with Crippen LogP contribution in [0.3, 0.4) is 0 Å². The first-order valence-corrected chi connectivity index (χ1v) is 11.5. The monoisotopic (exact) mass is 435 g/mol. The Morgan fingerprint density at radius 3 is 2.57 bits per heavy atom. The average Bonchev–Trinajstić information content (AvgIpc) is 3.37. The third kappa shape index (κ3) is 2.86. The van der Waals surface area contributed by atoms with Crippen molar-refractivity contribution < 1.29 is 9.21 Å². The van der Waals surface area contributed by atoms with E-state index in [1.54, 1.807) is 40.9 Å². The number of thioether (sulfide) groups is 1. The van der Waals surface area contributed by atoms with Crippen molar-refractivity contribution in [2.24, 2.45) is 0 Å². The number of amides is 1. The lowest BCUT2D eigenvalue weighted by atomic mass is 9.99. The number of rotatable bonds is 4. The molecule has 30 heavy (non-hydrogen) atoms. The number of hydrogen-bond acceptors (Lipinski definition) is 7. The van der Waals surface area contributed by atoms with E-state index in [0.29, 0.717) is 21.7 Å². The molecule has 0 aliphatic carbocycles. The number of nitrogens with zero attached hydrogens (tertiary/aromatic N) is 3. The first kappa shape index (κ1) is 19.0. The molecule has 0 saturated heterocycles. The molecule has 1 atom stereocenters. The van der Waals surface area contributed by atoms with Crippen LogP contribution in [0.4, 0.5) is 5.13 Å². The molecule has 1 unspecified atom stereocenters. The molecule has 1 amide bonds. The third-order valence-corrected chi connectivity index (χ3v) is 6.98. The molecule has 1 aliphatic heterocycles. The molecule has 8 heteroatoms. The lowest BCUT2D eigenvalue weighted by Gasteiger charge is -2.22. The number of fused-ring (bicyclic) bond motifs is 2. The van der Waals surface area contributed by atoms with Crippen LogP contribution in [0.2, 0.25) is 0 Å². The molecule has 0 spiro atoms. The third-order valence-electron chi connectivity index (χ3n) is 5.17. The molecule has 0 N–H and O–H groups in total. The Kier molecular flexibility index (Phi) is 4.67. The molecule has 6 nitrogen and oxygen atoms in total. The molecular weight excluding hydrogens is 418 g/mol. The molecule has 4 aromatic rings. The highest BCUT2D eigenvalue weighted by atomic mass is 32.2. The molecule has 1 aliphatic rings. The zero-order valence-corrected chi connectivity index (χ0v) is 17.9. The number of benzene rings is 2. The van der Waals surface area contributed by atoms with Gasteiger partial charge >= 0.3 is 0 Å². The SMILES string of the molecule is CCc1nnc(N2C(=O)c3oc4ccccc4c(=O)c3C2c2ccc(SC)cc2)s1. The largest absolute Gasteiger partial charge is 0.450 e. The Morgan fingerprint density at radius 1 is 1.10 bits per heavy atom. The van der Waals surface area contributed by atoms with E-state index in [0.717, 1.165) is 21.9 Å². The van der Waals surface area contributed by atoms with E-state index in [2.05, 4.69) is 10.2 Å². The summed E-state index contributed by atoms with van der Waals surface area (Å²) in [6, 6.07) is 14.3. The minimum atomic E-state index is -0.609. The van der Waals surface area contributed by atoms with Gasteiger partial charge in [0.15, 0.2) is 5.43 Å². The Morgan fingerprint density at radius 2 is 1.87 bits per heavy atom. The first-order valence-electron chi connectivity index (χ1n) is 9.48. The van der Waals surface area contributed by atoms with E-state index in [4.69, 9.17) is 4.42 Å². The Labute approximate surface area is 180 Å². The number of aromatic nitrogens is 2. The van der Waals surface area contributed by atoms with Crippen LogP contribution in [0.5, 0.6) is 0 Å². The average molecular weight is 436 g/mol. The second-order valence-electron chi connectivity index (χ2n) is 6.85. The minimum absolute atomic E-state index is 0.0749. The number of carbonyl (C=O) groups excluding carboxylic acids is 1. The predicted octanol–water partition coefficient (Wildman–Crippen LogP) is 4.68. The summed E-state index contributed by atoms with van der Waals surface area (Å²) in [5.41, 5.74) is 1.39. The van der Waals surface area contributed by atoms with Crippen LogP contribution in [-0.2, 0) is 6.42 Å². The highest BCUT2D eigenvalue weighted by Crippen LogP contribution is 2.42. The number of anilines is 1. The van der Waals surface area contributed by atoms with Crippen molar-refractivity contribution in [3.63, 3.8) is 0 Å². The predicted molar refractivity (Wildman–Crippen MR) is 119 cm³/mol. The summed E-state index contributed by atoms with van der Waals surface area (Å²) in [6.07, 6.45) is 2.73. The van der Waals surface area contributed by atoms with Gasteiger partial charge in [-0.05, 0) is 42.5 Å². The molecule has 150 valence electrons. The van der Waals surface area contributed by atoms with Gasteiger partial charge in [-0.2, -0.15) is 0 Å². The number of para-hydroxylation sites is 1. The molecule has 0 radical (unpaired) electrons. The van der Waals surface area contributed by atoms with Crippen LogP contribution in [0.1, 0.15) is 39.7 Å². The summed E-state index contributed by atoms with van der Waals surface area (Å²) in [5, 5.41) is 10.2. The Hall–Kier alpha value is -2.97. The van der Waals surface area contributed by atoms with Crippen LogP contribution >= 0.6 is 23.1 Å². The molecular formula is C22H17N3O3S2. The maximum atomic E-state index is 13.4. The van der Waals surface area contributed by atoms with Gasteiger partial charge in [-0.3, -0.25) is 14.5 Å². The molecule has 5 rings (SSSR count). The van der Waals surface area contributed by atoms with Gasteiger partial charge in [-0.15, -0.1) is 22.0 Å². The normalized spacial score (nSPS) is 15.7. The van der Waals surface area contributed by atoms with E-state index in [1.807, 2.05) is 37.4 Å². The second-order valence-corrected chi connectivity index (χ2v) is 8.77. The number of carbonyl (C=O) groups is 1. The molecule has 2 aromatic heterocycles. The van der Waals surface area contributed by atoms with E-state index in [1.165, 1.54) is 11.3 Å². The fourth-order valence-electron chi connectivity index (χ4n) is 3.70. The molecule has 0 fully saturated rings. The first-order chi connectivity index (χ1) is 14.6. The fraction of sp³-hybridized carbons (Fsp3) is 0.182. The summed E-state index contributed by atoms with van der Waals surface area (Å²) in [4.78, 5) is 29.5. The summed E-state index contributed by atoms with van der Waals surface area (Å²) in [7, 11) is 0. The van der Waals surface area contributed by atoms with Gasteiger partial charge in [0, 0.05) is 4.90 Å². The quantitative estimate of drug-likeness (QED) is 0.433. The molecule has 2 aromatic carbocycles. The lowest BCUT2D eigenvalue weighted by molar-refractivity contribution is 0.0970. The van der Waals surface area contributed by atoms with E-state index >= 15 is 0 Å². The lowest BCUT2D eigenvalue weighted by Crippen LogP contribution is -2.29. The number of hydrogen-bond donors (Lipinski definition) is 0. The Bertz CT molecular complexity index is 1330. The molecule has 0 saturated carbocycles. The summed E-state index contributed by atoms with van der Waals surface area (Å²) >= 11 is 2.99. The van der Waals surface area contributed by atoms with Gasteiger partial charge in [0.2, 0.25) is 10.9 Å². The van der Waals surface area contributed by atoms with Crippen LogP contribution in [0.25, 0.3) is 11.0 Å². The molecule has 0 bridgehead atoms. The van der Waals surface area contributed by atoms with Gasteiger partial charge < -0.3 is 4.42 Å². The van der Waals surface area contributed by atoms with Crippen molar-refractivity contribution in [3.8, 4) is 0 Å².